The van der Waals surface area contributed by atoms with Gasteiger partial charge in [0, 0.05) is 45.8 Å². The molecule has 1 saturated heterocycles. The first kappa shape index (κ1) is 15.8. The van der Waals surface area contributed by atoms with Crippen LogP contribution in [0.4, 0.5) is 4.79 Å². The minimum absolute atomic E-state index is 0.0473. The van der Waals surface area contributed by atoms with E-state index in [1.807, 2.05) is 35.2 Å². The third kappa shape index (κ3) is 5.36. The standard InChI is InChI=1S/C16H26N4O/c1-18(2)8-9-19-10-12-20(13-11-19)16(21)17-14-15-6-4-3-5-7-15/h3-7H,8-14H2,1-2H3,(H,17,21). The Morgan fingerprint density at radius 2 is 1.81 bits per heavy atom. The topological polar surface area (TPSA) is 38.8 Å². The zero-order valence-corrected chi connectivity index (χ0v) is 13.1. The molecule has 2 amide bonds. The predicted octanol–water partition coefficient (Wildman–Crippen LogP) is 1.08. The van der Waals surface area contributed by atoms with Crippen LogP contribution in [0.2, 0.25) is 0 Å². The van der Waals surface area contributed by atoms with E-state index in [-0.39, 0.29) is 6.03 Å². The second kappa shape index (κ2) is 8.00. The van der Waals surface area contributed by atoms with Crippen molar-refractivity contribution in [1.29, 1.82) is 0 Å². The predicted molar refractivity (Wildman–Crippen MR) is 85.2 cm³/mol. The summed E-state index contributed by atoms with van der Waals surface area (Å²) in [6.07, 6.45) is 0. The van der Waals surface area contributed by atoms with E-state index in [0.29, 0.717) is 6.54 Å². The van der Waals surface area contributed by atoms with Gasteiger partial charge in [0.2, 0.25) is 0 Å². The summed E-state index contributed by atoms with van der Waals surface area (Å²) in [4.78, 5) is 18.7. The van der Waals surface area contributed by atoms with Gasteiger partial charge in [-0.3, -0.25) is 4.90 Å². The maximum atomic E-state index is 12.1. The highest BCUT2D eigenvalue weighted by atomic mass is 16.2. The lowest BCUT2D eigenvalue weighted by Crippen LogP contribution is -2.52. The zero-order chi connectivity index (χ0) is 15.1. The third-order valence-corrected chi connectivity index (χ3v) is 3.81. The maximum Gasteiger partial charge on any atom is 0.317 e. The molecular weight excluding hydrogens is 264 g/mol. The molecule has 1 aliphatic rings. The van der Waals surface area contributed by atoms with E-state index in [2.05, 4.69) is 29.2 Å². The Morgan fingerprint density at radius 3 is 2.43 bits per heavy atom. The highest BCUT2D eigenvalue weighted by Gasteiger charge is 2.20. The Morgan fingerprint density at radius 1 is 1.14 bits per heavy atom. The first-order valence-electron chi connectivity index (χ1n) is 7.59. The maximum absolute atomic E-state index is 12.1. The molecule has 5 heteroatoms. The quantitative estimate of drug-likeness (QED) is 0.882. The number of nitrogens with zero attached hydrogens (tertiary/aromatic N) is 3. The monoisotopic (exact) mass is 290 g/mol. The Labute approximate surface area is 127 Å². The van der Waals surface area contributed by atoms with Crippen LogP contribution >= 0.6 is 0 Å². The van der Waals surface area contributed by atoms with Gasteiger partial charge in [0.05, 0.1) is 0 Å². The molecule has 21 heavy (non-hydrogen) atoms. The summed E-state index contributed by atoms with van der Waals surface area (Å²) in [5, 5.41) is 2.99. The van der Waals surface area contributed by atoms with Crippen LogP contribution in [0.15, 0.2) is 30.3 Å². The van der Waals surface area contributed by atoms with Crippen molar-refractivity contribution in [3.05, 3.63) is 35.9 Å². The fourth-order valence-corrected chi connectivity index (χ4v) is 2.40. The van der Waals surface area contributed by atoms with Gasteiger partial charge >= 0.3 is 6.03 Å². The van der Waals surface area contributed by atoms with Crippen molar-refractivity contribution in [1.82, 2.24) is 20.0 Å². The molecule has 2 rings (SSSR count). The number of piperazine rings is 1. The van der Waals surface area contributed by atoms with Gasteiger partial charge in [-0.1, -0.05) is 30.3 Å². The van der Waals surface area contributed by atoms with Crippen molar-refractivity contribution < 1.29 is 4.79 Å². The number of hydrogen-bond acceptors (Lipinski definition) is 3. The van der Waals surface area contributed by atoms with E-state index in [4.69, 9.17) is 0 Å². The number of carbonyl (C=O) groups excluding carboxylic acids is 1. The molecule has 0 atom stereocenters. The zero-order valence-electron chi connectivity index (χ0n) is 13.1. The van der Waals surface area contributed by atoms with Gasteiger partial charge in [-0.05, 0) is 19.7 Å². The number of amides is 2. The lowest BCUT2D eigenvalue weighted by molar-refractivity contribution is 0.133. The molecule has 0 aliphatic carbocycles. The van der Waals surface area contributed by atoms with Gasteiger partial charge in [-0.25, -0.2) is 4.79 Å². The highest BCUT2D eigenvalue weighted by Crippen LogP contribution is 2.03. The van der Waals surface area contributed by atoms with Crippen molar-refractivity contribution >= 4 is 6.03 Å². The van der Waals surface area contributed by atoms with E-state index in [0.717, 1.165) is 44.8 Å². The summed E-state index contributed by atoms with van der Waals surface area (Å²) >= 11 is 0. The molecule has 0 spiro atoms. The molecule has 0 saturated carbocycles. The van der Waals surface area contributed by atoms with Crippen LogP contribution in [0, 0.1) is 0 Å². The van der Waals surface area contributed by atoms with Gasteiger partial charge in [0.1, 0.15) is 0 Å². The van der Waals surface area contributed by atoms with Crippen LogP contribution < -0.4 is 5.32 Å². The summed E-state index contributed by atoms with van der Waals surface area (Å²) in [6.45, 7) is 6.30. The minimum Gasteiger partial charge on any atom is -0.334 e. The molecule has 0 aromatic heterocycles. The molecule has 116 valence electrons. The first-order valence-corrected chi connectivity index (χ1v) is 7.59. The summed E-state index contributed by atoms with van der Waals surface area (Å²) in [7, 11) is 4.18. The summed E-state index contributed by atoms with van der Waals surface area (Å²) in [5.41, 5.74) is 1.13. The molecule has 1 aromatic carbocycles. The van der Waals surface area contributed by atoms with Crippen LogP contribution in [-0.4, -0.2) is 74.1 Å². The molecule has 0 unspecified atom stereocenters. The van der Waals surface area contributed by atoms with Crippen LogP contribution in [0.3, 0.4) is 0 Å². The van der Waals surface area contributed by atoms with E-state index >= 15 is 0 Å². The smallest absolute Gasteiger partial charge is 0.317 e. The first-order chi connectivity index (χ1) is 10.1. The van der Waals surface area contributed by atoms with E-state index in [1.165, 1.54) is 0 Å². The lowest BCUT2D eigenvalue weighted by Gasteiger charge is -2.35. The Balaban J connectivity index is 1.68. The van der Waals surface area contributed by atoms with Crippen molar-refractivity contribution in [2.45, 2.75) is 6.54 Å². The fourth-order valence-electron chi connectivity index (χ4n) is 2.40. The van der Waals surface area contributed by atoms with Crippen LogP contribution in [0.1, 0.15) is 5.56 Å². The van der Waals surface area contributed by atoms with Gasteiger partial charge in [0.25, 0.3) is 0 Å². The normalized spacial score (nSPS) is 16.2. The largest absolute Gasteiger partial charge is 0.334 e. The molecule has 5 nitrogen and oxygen atoms in total. The molecule has 1 N–H and O–H groups in total. The molecule has 0 bridgehead atoms. The minimum atomic E-state index is 0.0473. The van der Waals surface area contributed by atoms with Crippen molar-refractivity contribution in [3.63, 3.8) is 0 Å². The van der Waals surface area contributed by atoms with Crippen LogP contribution in [0.25, 0.3) is 0 Å². The number of urea groups is 1. The van der Waals surface area contributed by atoms with Crippen molar-refractivity contribution in [3.8, 4) is 0 Å². The average molecular weight is 290 g/mol. The summed E-state index contributed by atoms with van der Waals surface area (Å²) < 4.78 is 0. The highest BCUT2D eigenvalue weighted by molar-refractivity contribution is 5.74. The number of rotatable bonds is 5. The Bertz CT molecular complexity index is 427. The van der Waals surface area contributed by atoms with Crippen LogP contribution in [-0.2, 0) is 6.54 Å². The van der Waals surface area contributed by atoms with Crippen molar-refractivity contribution in [2.75, 3.05) is 53.4 Å². The van der Waals surface area contributed by atoms with Gasteiger partial charge < -0.3 is 15.1 Å². The number of carbonyl (C=O) groups is 1. The lowest BCUT2D eigenvalue weighted by atomic mass is 10.2. The van der Waals surface area contributed by atoms with Gasteiger partial charge in [0.15, 0.2) is 0 Å². The summed E-state index contributed by atoms with van der Waals surface area (Å²) in [5.74, 6) is 0. The third-order valence-electron chi connectivity index (χ3n) is 3.81. The molecule has 1 heterocycles. The van der Waals surface area contributed by atoms with Crippen molar-refractivity contribution in [2.24, 2.45) is 0 Å². The van der Waals surface area contributed by atoms with Gasteiger partial charge in [-0.2, -0.15) is 0 Å². The van der Waals surface area contributed by atoms with E-state index in [1.54, 1.807) is 0 Å². The molecule has 1 aliphatic heterocycles. The average Bonchev–Trinajstić information content (AvgIpc) is 2.52. The Kier molecular flexibility index (Phi) is 6.02. The van der Waals surface area contributed by atoms with Gasteiger partial charge in [-0.15, -0.1) is 0 Å². The second-order valence-corrected chi connectivity index (χ2v) is 5.78. The molecule has 1 aromatic rings. The Hall–Kier alpha value is -1.59. The number of likely N-dealkylation sites (N-methyl/N-ethyl adjacent to an activating group) is 1. The molecule has 0 radical (unpaired) electrons. The fraction of sp³-hybridized carbons (Fsp3) is 0.562. The number of nitrogens with one attached hydrogen (secondary N) is 1. The number of benzene rings is 1. The van der Waals surface area contributed by atoms with Crippen LogP contribution in [0.5, 0.6) is 0 Å². The molecular formula is C16H26N4O. The SMILES string of the molecule is CN(C)CCN1CCN(C(=O)NCc2ccccc2)CC1. The summed E-state index contributed by atoms with van der Waals surface area (Å²) in [6, 6.07) is 10.1. The second-order valence-electron chi connectivity index (χ2n) is 5.78. The number of hydrogen-bond donors (Lipinski definition) is 1. The van der Waals surface area contributed by atoms with E-state index < -0.39 is 0 Å². The van der Waals surface area contributed by atoms with E-state index in [9.17, 15) is 4.79 Å². The molecule has 1 fully saturated rings.